The Morgan fingerprint density at radius 2 is 1.54 bits per heavy atom. The SMILES string of the molecule is O=C(Nc1ccc(COCCN2CCOCC2)cc1)Nc1ccc(-c2nc(N3CCOCC3)c3[nH]cnc3n2)cc1. The molecule has 0 spiro atoms. The zero-order valence-corrected chi connectivity index (χ0v) is 22.8. The maximum atomic E-state index is 12.6. The number of carbonyl (C=O) groups is 1. The summed E-state index contributed by atoms with van der Waals surface area (Å²) in [5.74, 6) is 1.39. The van der Waals surface area contributed by atoms with Crippen molar-refractivity contribution in [3.05, 3.63) is 60.4 Å². The summed E-state index contributed by atoms with van der Waals surface area (Å²) in [6.07, 6.45) is 1.63. The number of nitrogens with zero attached hydrogens (tertiary/aromatic N) is 5. The summed E-state index contributed by atoms with van der Waals surface area (Å²) in [5.41, 5.74) is 4.68. The van der Waals surface area contributed by atoms with E-state index in [1.807, 2.05) is 48.5 Å². The number of benzene rings is 2. The standard InChI is InChI=1S/C29H34N8O4/c38-29(32-23-5-1-21(2-6-23)19-41-16-11-36-9-14-39-15-10-36)33-24-7-3-22(4-8-24)26-34-27-25(30-20-31-27)28(35-26)37-12-17-40-18-13-37/h1-8,20H,9-19H2,(H2,32,33,38)(H,30,31,34,35). The van der Waals surface area contributed by atoms with Crippen molar-refractivity contribution in [3.63, 3.8) is 0 Å². The Kier molecular flexibility index (Phi) is 8.62. The first-order chi connectivity index (χ1) is 20.2. The van der Waals surface area contributed by atoms with Gasteiger partial charge in [0, 0.05) is 49.7 Å². The lowest BCUT2D eigenvalue weighted by Gasteiger charge is -2.28. The number of urea groups is 1. The lowest BCUT2D eigenvalue weighted by Crippen LogP contribution is -2.38. The predicted molar refractivity (Wildman–Crippen MR) is 156 cm³/mol. The summed E-state index contributed by atoms with van der Waals surface area (Å²) >= 11 is 0. The Morgan fingerprint density at radius 1 is 0.878 bits per heavy atom. The number of rotatable bonds is 9. The van der Waals surface area contributed by atoms with Gasteiger partial charge in [0.25, 0.3) is 0 Å². The van der Waals surface area contributed by atoms with Crippen molar-refractivity contribution in [2.75, 3.05) is 81.3 Å². The first-order valence-corrected chi connectivity index (χ1v) is 13.9. The van der Waals surface area contributed by atoms with Crippen LogP contribution in [0.3, 0.4) is 0 Å². The third-order valence-corrected chi connectivity index (χ3v) is 7.11. The van der Waals surface area contributed by atoms with Gasteiger partial charge in [-0.15, -0.1) is 0 Å². The van der Waals surface area contributed by atoms with Gasteiger partial charge in [0.1, 0.15) is 5.52 Å². The van der Waals surface area contributed by atoms with Crippen molar-refractivity contribution < 1.29 is 19.0 Å². The minimum Gasteiger partial charge on any atom is -0.379 e. The van der Waals surface area contributed by atoms with E-state index in [4.69, 9.17) is 19.2 Å². The summed E-state index contributed by atoms with van der Waals surface area (Å²) in [6, 6.07) is 14.8. The minimum atomic E-state index is -0.323. The number of hydrogen-bond acceptors (Lipinski definition) is 9. The molecular formula is C29H34N8O4. The molecule has 0 aliphatic carbocycles. The number of ether oxygens (including phenoxy) is 3. The van der Waals surface area contributed by atoms with E-state index < -0.39 is 0 Å². The van der Waals surface area contributed by atoms with E-state index in [9.17, 15) is 4.79 Å². The number of imidazole rings is 1. The van der Waals surface area contributed by atoms with Crippen molar-refractivity contribution in [2.45, 2.75) is 6.61 Å². The summed E-state index contributed by atoms with van der Waals surface area (Å²) in [5, 5.41) is 5.75. The largest absolute Gasteiger partial charge is 0.379 e. The number of carbonyl (C=O) groups excluding carboxylic acids is 1. The topological polar surface area (TPSA) is 130 Å². The summed E-state index contributed by atoms with van der Waals surface area (Å²) in [4.78, 5) is 34.1. The van der Waals surface area contributed by atoms with Gasteiger partial charge in [-0.3, -0.25) is 4.90 Å². The molecule has 0 bridgehead atoms. The third kappa shape index (κ3) is 6.98. The van der Waals surface area contributed by atoms with E-state index in [1.54, 1.807) is 6.33 Å². The zero-order valence-electron chi connectivity index (χ0n) is 22.8. The quantitative estimate of drug-likeness (QED) is 0.265. The van der Waals surface area contributed by atoms with E-state index >= 15 is 0 Å². The number of fused-ring (bicyclic) bond motifs is 1. The van der Waals surface area contributed by atoms with E-state index in [0.717, 1.165) is 68.4 Å². The normalized spacial score (nSPS) is 16.1. The molecule has 2 aliphatic rings. The number of nitrogens with one attached hydrogen (secondary N) is 3. The van der Waals surface area contributed by atoms with Crippen LogP contribution in [0.5, 0.6) is 0 Å². The average Bonchev–Trinajstić information content (AvgIpc) is 3.50. The predicted octanol–water partition coefficient (Wildman–Crippen LogP) is 3.35. The Bertz CT molecular complexity index is 1430. The van der Waals surface area contributed by atoms with Crippen LogP contribution < -0.4 is 15.5 Å². The molecule has 2 amide bonds. The Morgan fingerprint density at radius 3 is 2.24 bits per heavy atom. The van der Waals surface area contributed by atoms with Crippen LogP contribution in [0.25, 0.3) is 22.6 Å². The van der Waals surface area contributed by atoms with Gasteiger partial charge in [0.05, 0.1) is 46.0 Å². The summed E-state index contributed by atoms with van der Waals surface area (Å²) in [6.45, 7) is 8.47. The number of H-pyrrole nitrogens is 1. The fourth-order valence-electron chi connectivity index (χ4n) is 4.84. The Hall–Kier alpha value is -4.10. The van der Waals surface area contributed by atoms with Gasteiger partial charge >= 0.3 is 6.03 Å². The molecule has 2 aliphatic heterocycles. The zero-order chi connectivity index (χ0) is 27.9. The van der Waals surface area contributed by atoms with E-state index in [-0.39, 0.29) is 6.03 Å². The van der Waals surface area contributed by atoms with Gasteiger partial charge in [-0.2, -0.15) is 0 Å². The smallest absolute Gasteiger partial charge is 0.323 e. The molecule has 2 aromatic carbocycles. The number of aromatic nitrogens is 4. The number of morpholine rings is 2. The van der Waals surface area contributed by atoms with E-state index in [1.165, 1.54) is 0 Å². The first-order valence-electron chi connectivity index (χ1n) is 13.9. The highest BCUT2D eigenvalue weighted by atomic mass is 16.5. The van der Waals surface area contributed by atoms with Gasteiger partial charge in [-0.1, -0.05) is 12.1 Å². The average molecular weight is 559 g/mol. The molecule has 3 N–H and O–H groups in total. The number of aromatic amines is 1. The minimum absolute atomic E-state index is 0.323. The molecule has 0 unspecified atom stereocenters. The van der Waals surface area contributed by atoms with Crippen LogP contribution in [0.2, 0.25) is 0 Å². The van der Waals surface area contributed by atoms with Crippen LogP contribution in [0.4, 0.5) is 22.0 Å². The van der Waals surface area contributed by atoms with Crippen molar-refractivity contribution in [3.8, 4) is 11.4 Å². The number of hydrogen-bond donors (Lipinski definition) is 3. The maximum absolute atomic E-state index is 12.6. The highest BCUT2D eigenvalue weighted by Gasteiger charge is 2.19. The molecular weight excluding hydrogens is 524 g/mol. The highest BCUT2D eigenvalue weighted by Crippen LogP contribution is 2.27. The summed E-state index contributed by atoms with van der Waals surface area (Å²) in [7, 11) is 0. The van der Waals surface area contributed by atoms with Gasteiger partial charge in [-0.25, -0.2) is 19.7 Å². The van der Waals surface area contributed by atoms with Crippen LogP contribution >= 0.6 is 0 Å². The maximum Gasteiger partial charge on any atom is 0.323 e. The van der Waals surface area contributed by atoms with E-state index in [2.05, 4.69) is 35.4 Å². The molecule has 4 heterocycles. The monoisotopic (exact) mass is 558 g/mol. The third-order valence-electron chi connectivity index (χ3n) is 7.11. The van der Waals surface area contributed by atoms with Gasteiger partial charge < -0.3 is 34.7 Å². The molecule has 0 atom stereocenters. The van der Waals surface area contributed by atoms with Crippen LogP contribution in [0.15, 0.2) is 54.9 Å². The van der Waals surface area contributed by atoms with Crippen molar-refractivity contribution in [2.24, 2.45) is 0 Å². The Balaban J connectivity index is 1.01. The molecule has 12 heteroatoms. The van der Waals surface area contributed by atoms with Crippen LogP contribution in [0, 0.1) is 0 Å². The van der Waals surface area contributed by atoms with E-state index in [0.29, 0.717) is 49.3 Å². The second kappa shape index (κ2) is 13.0. The highest BCUT2D eigenvalue weighted by molar-refractivity contribution is 5.99. The molecule has 2 aromatic heterocycles. The van der Waals surface area contributed by atoms with Crippen molar-refractivity contribution >= 4 is 34.4 Å². The second-order valence-electron chi connectivity index (χ2n) is 9.93. The van der Waals surface area contributed by atoms with Gasteiger partial charge in [0.15, 0.2) is 17.3 Å². The molecule has 2 fully saturated rings. The molecule has 0 saturated carbocycles. The molecule has 2 saturated heterocycles. The molecule has 6 rings (SSSR count). The molecule has 4 aromatic rings. The van der Waals surface area contributed by atoms with Crippen LogP contribution in [0.1, 0.15) is 5.56 Å². The Labute approximate surface area is 238 Å². The van der Waals surface area contributed by atoms with Gasteiger partial charge in [-0.05, 0) is 42.0 Å². The summed E-state index contributed by atoms with van der Waals surface area (Å²) < 4.78 is 16.7. The lowest BCUT2D eigenvalue weighted by molar-refractivity contribution is 0.0180. The molecule has 41 heavy (non-hydrogen) atoms. The molecule has 0 radical (unpaired) electrons. The van der Waals surface area contributed by atoms with Crippen LogP contribution in [-0.4, -0.2) is 96.6 Å². The second-order valence-corrected chi connectivity index (χ2v) is 9.93. The number of anilines is 3. The van der Waals surface area contributed by atoms with Crippen molar-refractivity contribution in [1.82, 2.24) is 24.8 Å². The van der Waals surface area contributed by atoms with Crippen LogP contribution in [-0.2, 0) is 20.8 Å². The van der Waals surface area contributed by atoms with Gasteiger partial charge in [0.2, 0.25) is 0 Å². The molecule has 12 nitrogen and oxygen atoms in total. The lowest BCUT2D eigenvalue weighted by atomic mass is 10.2. The molecule has 214 valence electrons. The number of amides is 2. The fraction of sp³-hybridized carbons (Fsp3) is 0.379. The fourth-order valence-corrected chi connectivity index (χ4v) is 4.84. The first kappa shape index (κ1) is 27.1. The van der Waals surface area contributed by atoms with Crippen molar-refractivity contribution in [1.29, 1.82) is 0 Å².